The van der Waals surface area contributed by atoms with Crippen molar-refractivity contribution in [2.75, 3.05) is 6.54 Å². The van der Waals surface area contributed by atoms with Crippen molar-refractivity contribution in [2.45, 2.75) is 64.1 Å². The second-order valence-electron chi connectivity index (χ2n) is 10.2. The molecule has 3 rings (SSSR count). The van der Waals surface area contributed by atoms with Gasteiger partial charge in [-0.1, -0.05) is 56.3 Å². The Morgan fingerprint density at radius 3 is 2.42 bits per heavy atom. The van der Waals surface area contributed by atoms with Gasteiger partial charge in [-0.05, 0) is 47.9 Å². The first kappa shape index (κ1) is 28.6. The number of aldehydes is 1. The number of nitrogens with one attached hydrogen (secondary N) is 4. The molecule has 204 valence electrons. The molecule has 1 aliphatic rings. The predicted octanol–water partition coefficient (Wildman–Crippen LogP) is 2.15. The lowest BCUT2D eigenvalue weighted by Crippen LogP contribution is -2.56. The van der Waals surface area contributed by atoms with Crippen molar-refractivity contribution >= 4 is 40.9 Å². The summed E-state index contributed by atoms with van der Waals surface area (Å²) in [5.74, 6) is -1.69. The van der Waals surface area contributed by atoms with Crippen LogP contribution in [-0.2, 0) is 25.6 Å². The molecule has 0 aromatic heterocycles. The summed E-state index contributed by atoms with van der Waals surface area (Å²) in [6.07, 6.45) is 1.22. The molecule has 38 heavy (non-hydrogen) atoms. The lowest BCUT2D eigenvalue weighted by Gasteiger charge is -2.27. The Hall–Kier alpha value is -3.95. The first-order valence-corrected chi connectivity index (χ1v) is 13.0. The molecule has 1 fully saturated rings. The minimum absolute atomic E-state index is 0.0220. The molecule has 0 aliphatic carbocycles. The van der Waals surface area contributed by atoms with Gasteiger partial charge in [-0.2, -0.15) is 0 Å². The second-order valence-corrected chi connectivity index (χ2v) is 10.2. The third-order valence-electron chi connectivity index (χ3n) is 6.69. The first-order valence-electron chi connectivity index (χ1n) is 13.0. The average molecular weight is 525 g/mol. The van der Waals surface area contributed by atoms with Gasteiger partial charge in [0, 0.05) is 18.9 Å². The van der Waals surface area contributed by atoms with Crippen LogP contribution in [0.5, 0.6) is 0 Å². The quantitative estimate of drug-likeness (QED) is 0.268. The average Bonchev–Trinajstić information content (AvgIpc) is 2.88. The van der Waals surface area contributed by atoms with E-state index in [-0.39, 0.29) is 37.0 Å². The highest BCUT2D eigenvalue weighted by molar-refractivity contribution is 5.93. The highest BCUT2D eigenvalue weighted by Crippen LogP contribution is 2.20. The Labute approximate surface area is 221 Å². The largest absolute Gasteiger partial charge is 0.465 e. The molecule has 0 saturated carbocycles. The van der Waals surface area contributed by atoms with Gasteiger partial charge in [0.1, 0.15) is 18.4 Å². The molecule has 4 unspecified atom stereocenters. The van der Waals surface area contributed by atoms with E-state index >= 15 is 0 Å². The van der Waals surface area contributed by atoms with Gasteiger partial charge in [-0.3, -0.25) is 14.4 Å². The van der Waals surface area contributed by atoms with Crippen molar-refractivity contribution in [3.8, 4) is 0 Å². The molecule has 5 N–H and O–H groups in total. The summed E-state index contributed by atoms with van der Waals surface area (Å²) < 4.78 is 0. The maximum absolute atomic E-state index is 13.3. The number of carboxylic acid groups (broad SMARTS) is 1. The normalized spacial score (nSPS) is 17.7. The van der Waals surface area contributed by atoms with Crippen molar-refractivity contribution in [3.63, 3.8) is 0 Å². The van der Waals surface area contributed by atoms with Crippen molar-refractivity contribution in [3.05, 3.63) is 48.0 Å². The van der Waals surface area contributed by atoms with Gasteiger partial charge in [0.05, 0.1) is 6.04 Å². The van der Waals surface area contributed by atoms with E-state index in [1.807, 2.05) is 56.3 Å². The minimum atomic E-state index is -1.36. The van der Waals surface area contributed by atoms with Crippen LogP contribution >= 0.6 is 0 Å². The number of fused-ring (bicyclic) bond motifs is 1. The number of carbonyl (C=O) groups excluding carboxylic acids is 4. The number of hydrogen-bond acceptors (Lipinski definition) is 5. The van der Waals surface area contributed by atoms with E-state index in [0.717, 1.165) is 22.8 Å². The standard InChI is InChI=1S/C28H36N4O6/c1-17(2)13-23(26(35)30-21(16-33)14-20-10-6-12-29-25(20)34)31-27(36)24(32-28(37)38)15-19-9-5-8-18-7-3-4-11-22(18)19/h3-5,7-9,11,16-17,20-21,23-24,32H,6,10,12-15H2,1-2H3,(H,29,34)(H,30,35)(H,31,36)(H,37,38). The van der Waals surface area contributed by atoms with Gasteiger partial charge < -0.3 is 31.2 Å². The lowest BCUT2D eigenvalue weighted by molar-refractivity contribution is -0.132. The Bertz CT molecular complexity index is 1160. The van der Waals surface area contributed by atoms with Gasteiger partial charge in [0.2, 0.25) is 17.7 Å². The van der Waals surface area contributed by atoms with E-state index in [1.165, 1.54) is 0 Å². The highest BCUT2D eigenvalue weighted by Gasteiger charge is 2.31. The summed E-state index contributed by atoms with van der Waals surface area (Å²) in [4.78, 5) is 61.8. The number of rotatable bonds is 12. The molecule has 2 aromatic rings. The molecule has 1 heterocycles. The minimum Gasteiger partial charge on any atom is -0.465 e. The Morgan fingerprint density at radius 1 is 1.03 bits per heavy atom. The maximum Gasteiger partial charge on any atom is 0.405 e. The van der Waals surface area contributed by atoms with E-state index in [1.54, 1.807) is 0 Å². The molecule has 4 amide bonds. The molecule has 1 aliphatic heterocycles. The van der Waals surface area contributed by atoms with E-state index in [4.69, 9.17) is 0 Å². The zero-order valence-corrected chi connectivity index (χ0v) is 21.7. The predicted molar refractivity (Wildman–Crippen MR) is 142 cm³/mol. The Balaban J connectivity index is 1.74. The van der Waals surface area contributed by atoms with Crippen LogP contribution in [0.25, 0.3) is 10.8 Å². The zero-order valence-electron chi connectivity index (χ0n) is 21.7. The van der Waals surface area contributed by atoms with E-state index in [0.29, 0.717) is 19.3 Å². The zero-order chi connectivity index (χ0) is 27.7. The van der Waals surface area contributed by atoms with Crippen molar-refractivity contribution in [2.24, 2.45) is 11.8 Å². The van der Waals surface area contributed by atoms with Gasteiger partial charge in [0.25, 0.3) is 0 Å². The molecule has 2 aromatic carbocycles. The van der Waals surface area contributed by atoms with Gasteiger partial charge >= 0.3 is 6.09 Å². The fourth-order valence-electron chi connectivity index (χ4n) is 4.82. The van der Waals surface area contributed by atoms with Gasteiger partial charge in [-0.15, -0.1) is 0 Å². The molecule has 0 bridgehead atoms. The number of amides is 4. The fraction of sp³-hybridized carbons (Fsp3) is 0.464. The van der Waals surface area contributed by atoms with Crippen LogP contribution in [0.15, 0.2) is 42.5 Å². The second kappa shape index (κ2) is 13.6. The van der Waals surface area contributed by atoms with Crippen LogP contribution in [-0.4, -0.2) is 59.9 Å². The Morgan fingerprint density at radius 2 is 1.74 bits per heavy atom. The number of benzene rings is 2. The molecule has 0 radical (unpaired) electrons. The molecule has 4 atom stereocenters. The Kier molecular flexibility index (Phi) is 10.2. The van der Waals surface area contributed by atoms with E-state index in [2.05, 4.69) is 21.3 Å². The number of carbonyl (C=O) groups is 5. The highest BCUT2D eigenvalue weighted by atomic mass is 16.4. The SMILES string of the molecule is CC(C)CC(NC(=O)C(Cc1cccc2ccccc12)NC(=O)O)C(=O)NC(C=O)CC1CCCNC1=O. The molecular formula is C28H36N4O6. The van der Waals surface area contributed by atoms with Crippen LogP contribution in [0.4, 0.5) is 4.79 Å². The number of hydrogen-bond donors (Lipinski definition) is 5. The molecule has 1 saturated heterocycles. The molecule has 0 spiro atoms. The first-order chi connectivity index (χ1) is 18.2. The molecular weight excluding hydrogens is 488 g/mol. The van der Waals surface area contributed by atoms with Crippen molar-refractivity contribution < 1.29 is 29.1 Å². The molecule has 10 nitrogen and oxygen atoms in total. The third kappa shape index (κ3) is 8.03. The van der Waals surface area contributed by atoms with Gasteiger partial charge in [0.15, 0.2) is 0 Å². The summed E-state index contributed by atoms with van der Waals surface area (Å²) >= 11 is 0. The van der Waals surface area contributed by atoms with Crippen LogP contribution in [0, 0.1) is 11.8 Å². The summed E-state index contributed by atoms with van der Waals surface area (Å²) in [6.45, 7) is 4.37. The smallest absolute Gasteiger partial charge is 0.405 e. The summed E-state index contributed by atoms with van der Waals surface area (Å²) in [7, 11) is 0. The lowest BCUT2D eigenvalue weighted by atomic mass is 9.91. The number of piperidine rings is 1. The summed E-state index contributed by atoms with van der Waals surface area (Å²) in [6, 6.07) is 10.2. The van der Waals surface area contributed by atoms with E-state index in [9.17, 15) is 29.1 Å². The van der Waals surface area contributed by atoms with Crippen molar-refractivity contribution in [1.29, 1.82) is 0 Å². The van der Waals surface area contributed by atoms with Crippen LogP contribution in [0.3, 0.4) is 0 Å². The maximum atomic E-state index is 13.3. The van der Waals surface area contributed by atoms with Crippen LogP contribution in [0.1, 0.15) is 45.1 Å². The van der Waals surface area contributed by atoms with Crippen molar-refractivity contribution in [1.82, 2.24) is 21.3 Å². The third-order valence-corrected chi connectivity index (χ3v) is 6.69. The van der Waals surface area contributed by atoms with Crippen LogP contribution in [0.2, 0.25) is 0 Å². The fourth-order valence-corrected chi connectivity index (χ4v) is 4.82. The van der Waals surface area contributed by atoms with Crippen LogP contribution < -0.4 is 21.3 Å². The molecule has 10 heteroatoms. The topological polar surface area (TPSA) is 154 Å². The van der Waals surface area contributed by atoms with Gasteiger partial charge in [-0.25, -0.2) is 4.79 Å². The monoisotopic (exact) mass is 524 g/mol. The van der Waals surface area contributed by atoms with E-state index < -0.39 is 36.0 Å². The summed E-state index contributed by atoms with van der Waals surface area (Å²) in [5.41, 5.74) is 0.786. The summed E-state index contributed by atoms with van der Waals surface area (Å²) in [5, 5.41) is 21.7.